The van der Waals surface area contributed by atoms with Crippen LogP contribution in [0.4, 0.5) is 0 Å². The smallest absolute Gasteiger partial charge is 0.174 e. The monoisotopic (exact) mass is 277 g/mol. The molecule has 0 fully saturated rings. The number of ketones is 1. The van der Waals surface area contributed by atoms with E-state index in [0.717, 1.165) is 10.6 Å². The molecule has 0 spiro atoms. The molecule has 1 aromatic carbocycles. The summed E-state index contributed by atoms with van der Waals surface area (Å²) in [7, 11) is 0. The summed E-state index contributed by atoms with van der Waals surface area (Å²) in [5, 5.41) is 0.678. The van der Waals surface area contributed by atoms with Crippen LogP contribution in [0.3, 0.4) is 0 Å². The zero-order valence-corrected chi connectivity index (χ0v) is 11.5. The van der Waals surface area contributed by atoms with E-state index >= 15 is 0 Å². The molecule has 2 aromatic rings. The maximum atomic E-state index is 11.9. The number of aryl methyl sites for hydroxylation is 1. The molecule has 0 radical (unpaired) electrons. The van der Waals surface area contributed by atoms with Crippen molar-refractivity contribution in [2.24, 2.45) is 0 Å². The van der Waals surface area contributed by atoms with Gasteiger partial charge in [0.15, 0.2) is 5.78 Å². The number of nitrogens with zero attached hydrogens (tertiary/aromatic N) is 1. The number of aromatic nitrogens is 1. The largest absolute Gasteiger partial charge is 0.293 e. The molecular weight excluding hydrogens is 266 g/mol. The van der Waals surface area contributed by atoms with E-state index in [4.69, 9.17) is 11.6 Å². The van der Waals surface area contributed by atoms with Gasteiger partial charge in [0, 0.05) is 22.3 Å². The number of hydrogen-bond acceptors (Lipinski definition) is 3. The molecule has 92 valence electrons. The fourth-order valence-electron chi connectivity index (χ4n) is 1.42. The molecule has 4 heteroatoms. The van der Waals surface area contributed by atoms with Crippen LogP contribution in [-0.4, -0.2) is 16.5 Å². The highest BCUT2D eigenvalue weighted by atomic mass is 35.5. The molecule has 0 saturated heterocycles. The van der Waals surface area contributed by atoms with E-state index in [0.29, 0.717) is 16.3 Å². The third kappa shape index (κ3) is 3.34. The van der Waals surface area contributed by atoms with Crippen LogP contribution < -0.4 is 0 Å². The van der Waals surface area contributed by atoms with E-state index in [2.05, 4.69) is 4.98 Å². The Bertz CT molecular complexity index is 554. The molecule has 0 amide bonds. The second kappa shape index (κ2) is 6.03. The SMILES string of the molecule is Cc1ccc(C(=O)CSc2ccccc2Cl)cn1. The van der Waals surface area contributed by atoms with Crippen molar-refractivity contribution in [3.8, 4) is 0 Å². The summed E-state index contributed by atoms with van der Waals surface area (Å²) in [6, 6.07) is 11.2. The van der Waals surface area contributed by atoms with Gasteiger partial charge in [-0.1, -0.05) is 23.7 Å². The summed E-state index contributed by atoms with van der Waals surface area (Å²) in [6.45, 7) is 1.90. The van der Waals surface area contributed by atoms with Gasteiger partial charge in [-0.15, -0.1) is 11.8 Å². The average molecular weight is 278 g/mol. The number of hydrogen-bond donors (Lipinski definition) is 0. The lowest BCUT2D eigenvalue weighted by Crippen LogP contribution is -2.03. The van der Waals surface area contributed by atoms with E-state index in [-0.39, 0.29) is 5.78 Å². The van der Waals surface area contributed by atoms with Gasteiger partial charge in [0.25, 0.3) is 0 Å². The number of carbonyl (C=O) groups is 1. The number of thioether (sulfide) groups is 1. The van der Waals surface area contributed by atoms with Crippen LogP contribution in [0, 0.1) is 6.92 Å². The van der Waals surface area contributed by atoms with Crippen LogP contribution in [0.25, 0.3) is 0 Å². The zero-order valence-electron chi connectivity index (χ0n) is 9.89. The zero-order chi connectivity index (χ0) is 13.0. The Kier molecular flexibility index (Phi) is 4.39. The topological polar surface area (TPSA) is 30.0 Å². The van der Waals surface area contributed by atoms with Crippen LogP contribution in [-0.2, 0) is 0 Å². The molecule has 1 aromatic heterocycles. The van der Waals surface area contributed by atoms with Crippen LogP contribution in [0.2, 0.25) is 5.02 Å². The first-order valence-electron chi connectivity index (χ1n) is 5.50. The van der Waals surface area contributed by atoms with Gasteiger partial charge in [0.2, 0.25) is 0 Å². The van der Waals surface area contributed by atoms with E-state index in [1.807, 2.05) is 37.3 Å². The minimum absolute atomic E-state index is 0.0624. The molecule has 0 atom stereocenters. The fraction of sp³-hybridized carbons (Fsp3) is 0.143. The van der Waals surface area contributed by atoms with Gasteiger partial charge in [-0.25, -0.2) is 0 Å². The van der Waals surface area contributed by atoms with Gasteiger partial charge in [-0.05, 0) is 31.2 Å². The lowest BCUT2D eigenvalue weighted by atomic mass is 10.2. The molecule has 18 heavy (non-hydrogen) atoms. The van der Waals surface area contributed by atoms with Gasteiger partial charge < -0.3 is 0 Å². The van der Waals surface area contributed by atoms with Crippen molar-refractivity contribution in [1.82, 2.24) is 4.98 Å². The van der Waals surface area contributed by atoms with E-state index in [9.17, 15) is 4.79 Å². The van der Waals surface area contributed by atoms with Crippen LogP contribution in [0.5, 0.6) is 0 Å². The normalized spacial score (nSPS) is 10.3. The van der Waals surface area contributed by atoms with Crippen LogP contribution in [0.1, 0.15) is 16.1 Å². The summed E-state index contributed by atoms with van der Waals surface area (Å²) < 4.78 is 0. The standard InChI is InChI=1S/C14H12ClNOS/c1-10-6-7-11(8-16-10)13(17)9-18-14-5-3-2-4-12(14)15/h2-8H,9H2,1H3. The predicted octanol–water partition coefficient (Wildman–Crippen LogP) is 4.02. The number of pyridine rings is 1. The summed E-state index contributed by atoms with van der Waals surface area (Å²) in [4.78, 5) is 17.0. The predicted molar refractivity (Wildman–Crippen MR) is 75.5 cm³/mol. The van der Waals surface area contributed by atoms with Crippen molar-refractivity contribution < 1.29 is 4.79 Å². The minimum Gasteiger partial charge on any atom is -0.293 e. The highest BCUT2D eigenvalue weighted by Crippen LogP contribution is 2.26. The maximum Gasteiger partial charge on any atom is 0.174 e. The Morgan fingerprint density at radius 3 is 2.72 bits per heavy atom. The van der Waals surface area contributed by atoms with Crippen molar-refractivity contribution in [3.05, 3.63) is 58.9 Å². The Morgan fingerprint density at radius 1 is 1.28 bits per heavy atom. The lowest BCUT2D eigenvalue weighted by molar-refractivity contribution is 0.102. The first-order chi connectivity index (χ1) is 8.66. The van der Waals surface area contributed by atoms with Crippen molar-refractivity contribution in [2.45, 2.75) is 11.8 Å². The first-order valence-corrected chi connectivity index (χ1v) is 6.86. The van der Waals surface area contributed by atoms with Gasteiger partial charge in [0.05, 0.1) is 10.8 Å². The van der Waals surface area contributed by atoms with Crippen LogP contribution >= 0.6 is 23.4 Å². The highest BCUT2D eigenvalue weighted by molar-refractivity contribution is 8.00. The van der Waals surface area contributed by atoms with Crippen molar-refractivity contribution in [3.63, 3.8) is 0 Å². The molecule has 0 aliphatic heterocycles. The number of benzene rings is 1. The summed E-state index contributed by atoms with van der Waals surface area (Å²) in [5.41, 5.74) is 1.55. The number of halogens is 1. The average Bonchev–Trinajstić information content (AvgIpc) is 2.38. The van der Waals surface area contributed by atoms with Crippen molar-refractivity contribution in [1.29, 1.82) is 0 Å². The van der Waals surface area contributed by atoms with Gasteiger partial charge in [-0.2, -0.15) is 0 Å². The summed E-state index contributed by atoms with van der Waals surface area (Å²) >= 11 is 7.47. The first kappa shape index (κ1) is 13.1. The molecule has 0 aliphatic rings. The van der Waals surface area contributed by atoms with Gasteiger partial charge >= 0.3 is 0 Å². The molecular formula is C14H12ClNOS. The lowest BCUT2D eigenvalue weighted by Gasteiger charge is -2.03. The van der Waals surface area contributed by atoms with E-state index in [1.54, 1.807) is 12.3 Å². The summed E-state index contributed by atoms with van der Waals surface area (Å²) in [6.07, 6.45) is 1.62. The molecule has 0 saturated carbocycles. The maximum absolute atomic E-state index is 11.9. The molecule has 0 bridgehead atoms. The Labute approximate surface area is 115 Å². The Hall–Kier alpha value is -1.32. The highest BCUT2D eigenvalue weighted by Gasteiger charge is 2.08. The quantitative estimate of drug-likeness (QED) is 0.624. The second-order valence-electron chi connectivity index (χ2n) is 3.83. The van der Waals surface area contributed by atoms with E-state index in [1.165, 1.54) is 11.8 Å². The van der Waals surface area contributed by atoms with Crippen molar-refractivity contribution in [2.75, 3.05) is 5.75 Å². The molecule has 1 heterocycles. The number of carbonyl (C=O) groups excluding carboxylic acids is 1. The summed E-state index contributed by atoms with van der Waals surface area (Å²) in [5.74, 6) is 0.432. The number of Topliss-reactive ketones (excluding diaryl/α,β-unsaturated/α-hetero) is 1. The van der Waals surface area contributed by atoms with Gasteiger partial charge in [0.1, 0.15) is 0 Å². The minimum atomic E-state index is 0.0624. The Balaban J connectivity index is 2.01. The molecule has 0 N–H and O–H groups in total. The molecule has 2 rings (SSSR count). The van der Waals surface area contributed by atoms with Crippen LogP contribution in [0.15, 0.2) is 47.5 Å². The molecule has 0 unspecified atom stereocenters. The van der Waals surface area contributed by atoms with E-state index < -0.39 is 0 Å². The third-order valence-electron chi connectivity index (χ3n) is 2.43. The third-order valence-corrected chi connectivity index (χ3v) is 3.94. The molecule has 2 nitrogen and oxygen atoms in total. The number of rotatable bonds is 4. The molecule has 0 aliphatic carbocycles. The van der Waals surface area contributed by atoms with Crippen molar-refractivity contribution >= 4 is 29.1 Å². The Morgan fingerprint density at radius 2 is 2.06 bits per heavy atom. The second-order valence-corrected chi connectivity index (χ2v) is 5.25. The van der Waals surface area contributed by atoms with Gasteiger partial charge in [-0.3, -0.25) is 9.78 Å². The fourth-order valence-corrected chi connectivity index (χ4v) is 2.55.